The van der Waals surface area contributed by atoms with Gasteiger partial charge in [-0.15, -0.1) is 0 Å². The molecular formula is C11H11BrN4OS. The second-order valence-corrected chi connectivity index (χ2v) is 5.69. The summed E-state index contributed by atoms with van der Waals surface area (Å²) < 4.78 is 0.871. The van der Waals surface area contributed by atoms with Gasteiger partial charge in [-0.3, -0.25) is 4.79 Å². The van der Waals surface area contributed by atoms with Crippen LogP contribution in [-0.2, 0) is 0 Å². The molecule has 0 atom stereocenters. The van der Waals surface area contributed by atoms with Gasteiger partial charge in [-0.2, -0.15) is 0 Å². The molecule has 0 aliphatic rings. The number of carbonyl (C=O) groups is 1. The van der Waals surface area contributed by atoms with E-state index < -0.39 is 0 Å². The summed E-state index contributed by atoms with van der Waals surface area (Å²) in [6.45, 7) is 3.63. The molecule has 0 unspecified atom stereocenters. The van der Waals surface area contributed by atoms with E-state index in [1.807, 2.05) is 13.0 Å². The van der Waals surface area contributed by atoms with Gasteiger partial charge in [0.05, 0.1) is 5.69 Å². The maximum Gasteiger partial charge on any atom is 0.268 e. The first-order chi connectivity index (χ1) is 8.47. The van der Waals surface area contributed by atoms with Crippen LogP contribution in [0.2, 0.25) is 0 Å². The second kappa shape index (κ2) is 5.03. The van der Waals surface area contributed by atoms with Crippen LogP contribution >= 0.6 is 27.3 Å². The van der Waals surface area contributed by atoms with Crippen molar-refractivity contribution in [2.24, 2.45) is 0 Å². The van der Waals surface area contributed by atoms with Crippen LogP contribution in [0.3, 0.4) is 0 Å². The molecule has 0 spiro atoms. The molecule has 0 saturated heterocycles. The number of hydrogen-bond donors (Lipinski definition) is 2. The number of aryl methyl sites for hydroxylation is 2. The Labute approximate surface area is 117 Å². The van der Waals surface area contributed by atoms with E-state index in [9.17, 15) is 4.79 Å². The number of pyridine rings is 1. The Morgan fingerprint density at radius 3 is 2.78 bits per heavy atom. The SMILES string of the molecule is Cc1cc(Br)cnc1NC(=O)c1sc(N)nc1C. The molecule has 0 saturated carbocycles. The molecule has 3 N–H and O–H groups in total. The van der Waals surface area contributed by atoms with Gasteiger partial charge in [-0.25, -0.2) is 9.97 Å². The number of nitrogen functional groups attached to an aromatic ring is 1. The molecule has 0 aromatic carbocycles. The van der Waals surface area contributed by atoms with Gasteiger partial charge in [-0.1, -0.05) is 11.3 Å². The molecule has 2 rings (SSSR count). The molecule has 2 aromatic rings. The van der Waals surface area contributed by atoms with E-state index in [-0.39, 0.29) is 5.91 Å². The van der Waals surface area contributed by atoms with Crippen LogP contribution in [0.25, 0.3) is 0 Å². The van der Waals surface area contributed by atoms with Crippen molar-refractivity contribution in [1.82, 2.24) is 9.97 Å². The minimum absolute atomic E-state index is 0.236. The van der Waals surface area contributed by atoms with E-state index >= 15 is 0 Å². The number of carbonyl (C=O) groups excluding carboxylic acids is 1. The van der Waals surface area contributed by atoms with Crippen molar-refractivity contribution in [3.05, 3.63) is 32.9 Å². The van der Waals surface area contributed by atoms with Gasteiger partial charge >= 0.3 is 0 Å². The Morgan fingerprint density at radius 1 is 1.50 bits per heavy atom. The number of hydrogen-bond acceptors (Lipinski definition) is 5. The molecule has 18 heavy (non-hydrogen) atoms. The number of nitrogens with zero attached hydrogens (tertiary/aromatic N) is 2. The van der Waals surface area contributed by atoms with Gasteiger partial charge < -0.3 is 11.1 Å². The van der Waals surface area contributed by atoms with E-state index in [4.69, 9.17) is 5.73 Å². The molecule has 94 valence electrons. The second-order valence-electron chi connectivity index (χ2n) is 3.74. The fourth-order valence-electron chi connectivity index (χ4n) is 1.46. The number of anilines is 2. The Morgan fingerprint density at radius 2 is 2.22 bits per heavy atom. The summed E-state index contributed by atoms with van der Waals surface area (Å²) >= 11 is 4.49. The predicted molar refractivity (Wildman–Crippen MR) is 75.9 cm³/mol. The molecule has 2 heterocycles. The van der Waals surface area contributed by atoms with Crippen LogP contribution in [0, 0.1) is 13.8 Å². The number of rotatable bonds is 2. The Hall–Kier alpha value is -1.47. The molecule has 0 fully saturated rings. The molecule has 1 amide bonds. The number of nitrogens with two attached hydrogens (primary N) is 1. The Kier molecular flexibility index (Phi) is 3.63. The summed E-state index contributed by atoms with van der Waals surface area (Å²) in [5, 5.41) is 3.14. The van der Waals surface area contributed by atoms with E-state index in [1.54, 1.807) is 13.1 Å². The fourth-order valence-corrected chi connectivity index (χ4v) is 2.64. The maximum absolute atomic E-state index is 12.0. The van der Waals surface area contributed by atoms with E-state index in [0.717, 1.165) is 10.0 Å². The first-order valence-electron chi connectivity index (χ1n) is 5.14. The maximum atomic E-state index is 12.0. The first kappa shape index (κ1) is 13.0. The number of halogens is 1. The number of amides is 1. The Balaban J connectivity index is 2.24. The normalized spacial score (nSPS) is 10.4. The lowest BCUT2D eigenvalue weighted by Gasteiger charge is -2.06. The minimum Gasteiger partial charge on any atom is -0.375 e. The molecule has 0 radical (unpaired) electrons. The summed E-state index contributed by atoms with van der Waals surface area (Å²) in [5.74, 6) is 0.300. The van der Waals surface area contributed by atoms with Gasteiger partial charge in [-0.05, 0) is 41.4 Å². The van der Waals surface area contributed by atoms with Gasteiger partial charge in [0.25, 0.3) is 5.91 Å². The fraction of sp³-hybridized carbons (Fsp3) is 0.182. The van der Waals surface area contributed by atoms with E-state index in [0.29, 0.717) is 21.5 Å². The van der Waals surface area contributed by atoms with Crippen LogP contribution in [0.5, 0.6) is 0 Å². The molecule has 5 nitrogen and oxygen atoms in total. The number of nitrogens with one attached hydrogen (secondary N) is 1. The summed E-state index contributed by atoms with van der Waals surface area (Å²) in [7, 11) is 0. The lowest BCUT2D eigenvalue weighted by Crippen LogP contribution is -2.13. The van der Waals surface area contributed by atoms with Crippen molar-refractivity contribution in [2.75, 3.05) is 11.1 Å². The van der Waals surface area contributed by atoms with Crippen LogP contribution in [0.15, 0.2) is 16.7 Å². The highest BCUT2D eigenvalue weighted by Crippen LogP contribution is 2.22. The minimum atomic E-state index is -0.236. The Bertz CT molecular complexity index is 611. The third-order valence-corrected chi connectivity index (χ3v) is 3.72. The van der Waals surface area contributed by atoms with Crippen molar-refractivity contribution >= 4 is 44.1 Å². The molecule has 0 bridgehead atoms. The molecule has 2 aromatic heterocycles. The van der Waals surface area contributed by atoms with Gasteiger partial charge in [0, 0.05) is 10.7 Å². The van der Waals surface area contributed by atoms with Crippen LogP contribution in [-0.4, -0.2) is 15.9 Å². The summed E-state index contributed by atoms with van der Waals surface area (Å²) in [6.07, 6.45) is 1.64. The highest BCUT2D eigenvalue weighted by Gasteiger charge is 2.15. The predicted octanol–water partition coefficient (Wildman–Crippen LogP) is 2.75. The van der Waals surface area contributed by atoms with Crippen molar-refractivity contribution in [1.29, 1.82) is 0 Å². The largest absolute Gasteiger partial charge is 0.375 e. The lowest BCUT2D eigenvalue weighted by molar-refractivity contribution is 0.102. The molecule has 0 aliphatic carbocycles. The quantitative estimate of drug-likeness (QED) is 0.889. The lowest BCUT2D eigenvalue weighted by atomic mass is 10.3. The summed E-state index contributed by atoms with van der Waals surface area (Å²) in [6, 6.07) is 1.89. The molecule has 0 aliphatic heterocycles. The van der Waals surface area contributed by atoms with Crippen molar-refractivity contribution in [3.8, 4) is 0 Å². The van der Waals surface area contributed by atoms with E-state index in [2.05, 4.69) is 31.2 Å². The zero-order chi connectivity index (χ0) is 13.3. The zero-order valence-electron chi connectivity index (χ0n) is 9.82. The third kappa shape index (κ3) is 2.68. The highest BCUT2D eigenvalue weighted by atomic mass is 79.9. The average Bonchev–Trinajstić information content (AvgIpc) is 2.62. The van der Waals surface area contributed by atoms with Gasteiger partial charge in [0.2, 0.25) is 0 Å². The third-order valence-electron chi connectivity index (χ3n) is 2.30. The van der Waals surface area contributed by atoms with Gasteiger partial charge in [0.1, 0.15) is 10.7 Å². The summed E-state index contributed by atoms with van der Waals surface area (Å²) in [5.41, 5.74) is 7.08. The average molecular weight is 327 g/mol. The molecular weight excluding hydrogens is 316 g/mol. The van der Waals surface area contributed by atoms with Crippen LogP contribution in [0.4, 0.5) is 10.9 Å². The van der Waals surface area contributed by atoms with Crippen molar-refractivity contribution in [2.45, 2.75) is 13.8 Å². The summed E-state index contributed by atoms with van der Waals surface area (Å²) in [4.78, 5) is 20.7. The zero-order valence-corrected chi connectivity index (χ0v) is 12.2. The number of thiazole rings is 1. The first-order valence-corrected chi connectivity index (χ1v) is 6.74. The van der Waals surface area contributed by atoms with Gasteiger partial charge in [0.15, 0.2) is 5.13 Å². The topological polar surface area (TPSA) is 80.9 Å². The van der Waals surface area contributed by atoms with Crippen LogP contribution in [0.1, 0.15) is 20.9 Å². The highest BCUT2D eigenvalue weighted by molar-refractivity contribution is 9.10. The monoisotopic (exact) mass is 326 g/mol. The smallest absolute Gasteiger partial charge is 0.268 e. The number of aromatic nitrogens is 2. The van der Waals surface area contributed by atoms with Crippen molar-refractivity contribution < 1.29 is 4.79 Å². The van der Waals surface area contributed by atoms with Crippen LogP contribution < -0.4 is 11.1 Å². The van der Waals surface area contributed by atoms with E-state index in [1.165, 1.54) is 11.3 Å². The molecule has 7 heteroatoms. The van der Waals surface area contributed by atoms with Crippen molar-refractivity contribution in [3.63, 3.8) is 0 Å². The standard InChI is InChI=1S/C11H11BrN4OS/c1-5-3-7(12)4-14-9(5)16-10(17)8-6(2)15-11(13)18-8/h3-4H,1-2H3,(H2,13,15)(H,14,16,17).